The maximum Gasteiger partial charge on any atom is 0.223 e. The molecule has 3 aromatic rings. The molecule has 1 fully saturated rings. The molecule has 0 atom stereocenters. The Kier molecular flexibility index (Phi) is 5.55. The van der Waals surface area contributed by atoms with Crippen molar-refractivity contribution in [2.75, 3.05) is 31.1 Å². The van der Waals surface area contributed by atoms with Gasteiger partial charge in [0.25, 0.3) is 0 Å². The van der Waals surface area contributed by atoms with Crippen LogP contribution in [0.4, 0.5) is 14.5 Å². The van der Waals surface area contributed by atoms with Crippen molar-refractivity contribution in [2.45, 2.75) is 12.8 Å². The minimum Gasteiger partial charge on any atom is -0.441 e. The molecule has 2 heterocycles. The molecule has 0 aliphatic carbocycles. The van der Waals surface area contributed by atoms with E-state index >= 15 is 0 Å². The first-order valence-electron chi connectivity index (χ1n) is 9.58. The number of amides is 1. The van der Waals surface area contributed by atoms with Crippen molar-refractivity contribution in [3.8, 4) is 11.3 Å². The molecule has 1 saturated heterocycles. The van der Waals surface area contributed by atoms with Crippen molar-refractivity contribution in [2.24, 2.45) is 0 Å². The Hall–Kier alpha value is -3.22. The maximum atomic E-state index is 13.9. The number of carbonyl (C=O) groups excluding carboxylic acids is 1. The van der Waals surface area contributed by atoms with E-state index in [4.69, 9.17) is 4.42 Å². The van der Waals surface area contributed by atoms with Crippen LogP contribution in [0, 0.1) is 11.6 Å². The molecule has 5 nitrogen and oxygen atoms in total. The van der Waals surface area contributed by atoms with Gasteiger partial charge in [0, 0.05) is 44.7 Å². The Bertz CT molecular complexity index is 962. The topological polar surface area (TPSA) is 49.6 Å². The minimum atomic E-state index is -0.708. The van der Waals surface area contributed by atoms with Gasteiger partial charge in [-0.2, -0.15) is 0 Å². The van der Waals surface area contributed by atoms with Gasteiger partial charge in [-0.25, -0.2) is 13.8 Å². The summed E-state index contributed by atoms with van der Waals surface area (Å²) in [6, 6.07) is 13.7. The Morgan fingerprint density at radius 1 is 0.966 bits per heavy atom. The van der Waals surface area contributed by atoms with Crippen LogP contribution in [-0.4, -0.2) is 42.0 Å². The van der Waals surface area contributed by atoms with E-state index in [1.807, 2.05) is 23.1 Å². The molecule has 2 aromatic carbocycles. The number of anilines is 1. The molecule has 0 saturated carbocycles. The number of para-hydroxylation sites is 1. The SMILES string of the molecule is O=C(CCc1ncc(-c2c(F)cccc2F)o1)N1CCN(c2ccccc2)CC1. The van der Waals surface area contributed by atoms with Crippen LogP contribution in [0.5, 0.6) is 0 Å². The highest BCUT2D eigenvalue weighted by Gasteiger charge is 2.22. The fourth-order valence-corrected chi connectivity index (χ4v) is 3.50. The molecule has 1 aliphatic heterocycles. The average molecular weight is 397 g/mol. The first-order chi connectivity index (χ1) is 14.1. The van der Waals surface area contributed by atoms with Crippen LogP contribution < -0.4 is 4.90 Å². The molecule has 1 aliphatic rings. The summed E-state index contributed by atoms with van der Waals surface area (Å²) in [4.78, 5) is 20.7. The number of aromatic nitrogens is 1. The molecule has 1 aromatic heterocycles. The fourth-order valence-electron chi connectivity index (χ4n) is 3.50. The van der Waals surface area contributed by atoms with E-state index in [2.05, 4.69) is 22.0 Å². The van der Waals surface area contributed by atoms with Gasteiger partial charge in [-0.05, 0) is 24.3 Å². The van der Waals surface area contributed by atoms with Gasteiger partial charge in [0.1, 0.15) is 11.6 Å². The third-order valence-electron chi connectivity index (χ3n) is 5.07. The summed E-state index contributed by atoms with van der Waals surface area (Å²) in [6.07, 6.45) is 1.82. The summed E-state index contributed by atoms with van der Waals surface area (Å²) in [5.74, 6) is -1.08. The number of hydrogen-bond donors (Lipinski definition) is 0. The van der Waals surface area contributed by atoms with E-state index in [1.54, 1.807) is 0 Å². The molecule has 7 heteroatoms. The zero-order valence-corrected chi connectivity index (χ0v) is 15.9. The van der Waals surface area contributed by atoms with Crippen LogP contribution in [0.15, 0.2) is 59.1 Å². The van der Waals surface area contributed by atoms with Gasteiger partial charge >= 0.3 is 0 Å². The van der Waals surface area contributed by atoms with Crippen molar-refractivity contribution < 1.29 is 18.0 Å². The number of benzene rings is 2. The Labute approximate surface area is 167 Å². The number of nitrogens with zero attached hydrogens (tertiary/aromatic N) is 3. The number of oxazole rings is 1. The largest absolute Gasteiger partial charge is 0.441 e. The van der Waals surface area contributed by atoms with Gasteiger partial charge in [-0.15, -0.1) is 0 Å². The van der Waals surface area contributed by atoms with E-state index in [1.165, 1.54) is 24.4 Å². The zero-order chi connectivity index (χ0) is 20.2. The number of hydrogen-bond acceptors (Lipinski definition) is 4. The van der Waals surface area contributed by atoms with Gasteiger partial charge in [0.05, 0.1) is 11.8 Å². The van der Waals surface area contributed by atoms with Gasteiger partial charge < -0.3 is 14.2 Å². The number of piperazine rings is 1. The van der Waals surface area contributed by atoms with Crippen molar-refractivity contribution >= 4 is 11.6 Å². The summed E-state index contributed by atoms with van der Waals surface area (Å²) in [7, 11) is 0. The molecule has 0 spiro atoms. The molecular formula is C22H21F2N3O2. The molecule has 0 unspecified atom stereocenters. The van der Waals surface area contributed by atoms with Crippen LogP contribution in [-0.2, 0) is 11.2 Å². The van der Waals surface area contributed by atoms with Crippen LogP contribution in [0.3, 0.4) is 0 Å². The smallest absolute Gasteiger partial charge is 0.223 e. The molecule has 29 heavy (non-hydrogen) atoms. The molecule has 4 rings (SSSR count). The summed E-state index contributed by atoms with van der Waals surface area (Å²) < 4.78 is 33.2. The van der Waals surface area contributed by atoms with Crippen molar-refractivity contribution in [3.05, 3.63) is 72.3 Å². The Morgan fingerprint density at radius 2 is 1.66 bits per heavy atom. The summed E-state index contributed by atoms with van der Waals surface area (Å²) in [5, 5.41) is 0. The lowest BCUT2D eigenvalue weighted by Crippen LogP contribution is -2.48. The van der Waals surface area contributed by atoms with E-state index in [0.29, 0.717) is 19.0 Å². The second kappa shape index (κ2) is 8.43. The van der Waals surface area contributed by atoms with Crippen molar-refractivity contribution in [1.82, 2.24) is 9.88 Å². The van der Waals surface area contributed by atoms with E-state index in [9.17, 15) is 13.6 Å². The second-order valence-electron chi connectivity index (χ2n) is 6.92. The van der Waals surface area contributed by atoms with E-state index in [-0.39, 0.29) is 30.1 Å². The number of halogens is 2. The first kappa shape index (κ1) is 19.1. The highest BCUT2D eigenvalue weighted by molar-refractivity contribution is 5.76. The maximum absolute atomic E-state index is 13.9. The molecule has 150 valence electrons. The van der Waals surface area contributed by atoms with Crippen LogP contribution in [0.1, 0.15) is 12.3 Å². The normalized spacial score (nSPS) is 14.3. The van der Waals surface area contributed by atoms with E-state index in [0.717, 1.165) is 18.8 Å². The molecular weight excluding hydrogens is 376 g/mol. The summed E-state index contributed by atoms with van der Waals surface area (Å²) in [6.45, 7) is 2.88. The van der Waals surface area contributed by atoms with Gasteiger partial charge in [-0.3, -0.25) is 4.79 Å². The average Bonchev–Trinajstić information content (AvgIpc) is 3.21. The minimum absolute atomic E-state index is 0.0227. The number of aryl methyl sites for hydroxylation is 1. The van der Waals surface area contributed by atoms with Crippen LogP contribution in [0.25, 0.3) is 11.3 Å². The van der Waals surface area contributed by atoms with Crippen molar-refractivity contribution in [3.63, 3.8) is 0 Å². The predicted molar refractivity (Wildman–Crippen MR) is 105 cm³/mol. The lowest BCUT2D eigenvalue weighted by molar-refractivity contribution is -0.131. The fraction of sp³-hybridized carbons (Fsp3) is 0.273. The third-order valence-corrected chi connectivity index (χ3v) is 5.07. The first-order valence-corrected chi connectivity index (χ1v) is 9.58. The van der Waals surface area contributed by atoms with Gasteiger partial charge in [0.2, 0.25) is 5.91 Å². The lowest BCUT2D eigenvalue weighted by Gasteiger charge is -2.36. The van der Waals surface area contributed by atoms with Gasteiger partial charge in [-0.1, -0.05) is 24.3 Å². The van der Waals surface area contributed by atoms with Crippen LogP contribution in [0.2, 0.25) is 0 Å². The number of carbonyl (C=O) groups is 1. The zero-order valence-electron chi connectivity index (χ0n) is 15.9. The van der Waals surface area contributed by atoms with Gasteiger partial charge in [0.15, 0.2) is 11.7 Å². The quantitative estimate of drug-likeness (QED) is 0.655. The molecule has 0 N–H and O–H groups in total. The summed E-state index contributed by atoms with van der Waals surface area (Å²) >= 11 is 0. The predicted octanol–water partition coefficient (Wildman–Crippen LogP) is 3.90. The third kappa shape index (κ3) is 4.29. The molecule has 0 radical (unpaired) electrons. The molecule has 1 amide bonds. The lowest BCUT2D eigenvalue weighted by atomic mass is 10.1. The van der Waals surface area contributed by atoms with Crippen LogP contribution >= 0.6 is 0 Å². The van der Waals surface area contributed by atoms with Crippen molar-refractivity contribution in [1.29, 1.82) is 0 Å². The number of rotatable bonds is 5. The Morgan fingerprint density at radius 3 is 2.34 bits per heavy atom. The van der Waals surface area contributed by atoms with E-state index < -0.39 is 11.6 Å². The molecule has 0 bridgehead atoms. The highest BCUT2D eigenvalue weighted by atomic mass is 19.1. The monoisotopic (exact) mass is 397 g/mol. The highest BCUT2D eigenvalue weighted by Crippen LogP contribution is 2.27. The summed E-state index contributed by atoms with van der Waals surface area (Å²) in [5.41, 5.74) is 0.918. The standard InChI is InChI=1S/C22H21F2N3O2/c23-17-7-4-8-18(24)22(17)19-15-25-20(29-19)9-10-21(28)27-13-11-26(12-14-27)16-5-2-1-3-6-16/h1-8,15H,9-14H2. The second-order valence-corrected chi connectivity index (χ2v) is 6.92. The Balaban J connectivity index is 1.31.